The Morgan fingerprint density at radius 3 is 2.90 bits per heavy atom. The SMILES string of the molecule is C=CCOC(=O)N1CCC2C(c3ccsc3)Nc3ccc(C(=O)N(C)C)cc3C21. The van der Waals surface area contributed by atoms with Gasteiger partial charge in [0.1, 0.15) is 6.61 Å². The van der Waals surface area contributed by atoms with Gasteiger partial charge in [-0.2, -0.15) is 11.3 Å². The molecule has 0 bridgehead atoms. The molecule has 6 nitrogen and oxygen atoms in total. The third-order valence-corrected chi connectivity index (χ3v) is 6.37. The summed E-state index contributed by atoms with van der Waals surface area (Å²) in [5, 5.41) is 7.89. The number of ether oxygens (including phenoxy) is 1. The van der Waals surface area contributed by atoms with Crippen LogP contribution in [0.4, 0.5) is 10.5 Å². The van der Waals surface area contributed by atoms with Gasteiger partial charge < -0.3 is 19.9 Å². The van der Waals surface area contributed by atoms with E-state index in [0.717, 1.165) is 17.7 Å². The molecule has 1 saturated heterocycles. The molecule has 29 heavy (non-hydrogen) atoms. The third-order valence-electron chi connectivity index (χ3n) is 5.67. The first-order valence-corrected chi connectivity index (χ1v) is 10.6. The topological polar surface area (TPSA) is 61.9 Å². The van der Waals surface area contributed by atoms with Crippen molar-refractivity contribution >= 4 is 29.0 Å². The van der Waals surface area contributed by atoms with Crippen LogP contribution in [-0.4, -0.2) is 49.0 Å². The number of nitrogens with zero attached hydrogens (tertiary/aromatic N) is 2. The van der Waals surface area contributed by atoms with Gasteiger partial charge in [0.25, 0.3) is 5.91 Å². The summed E-state index contributed by atoms with van der Waals surface area (Å²) < 4.78 is 5.36. The number of hydrogen-bond acceptors (Lipinski definition) is 5. The highest BCUT2D eigenvalue weighted by atomic mass is 32.1. The van der Waals surface area contributed by atoms with Crippen molar-refractivity contribution in [3.8, 4) is 0 Å². The molecular formula is C22H25N3O3S. The van der Waals surface area contributed by atoms with Crippen LogP contribution in [0.5, 0.6) is 0 Å². The van der Waals surface area contributed by atoms with Gasteiger partial charge in [-0.15, -0.1) is 0 Å². The largest absolute Gasteiger partial charge is 0.445 e. The van der Waals surface area contributed by atoms with Crippen molar-refractivity contribution in [1.82, 2.24) is 9.80 Å². The van der Waals surface area contributed by atoms with Crippen LogP contribution in [0.3, 0.4) is 0 Å². The predicted molar refractivity (Wildman–Crippen MR) is 114 cm³/mol. The molecule has 0 spiro atoms. The van der Waals surface area contributed by atoms with E-state index in [9.17, 15) is 9.59 Å². The van der Waals surface area contributed by atoms with E-state index in [1.807, 2.05) is 18.2 Å². The number of hydrogen-bond donors (Lipinski definition) is 1. The van der Waals surface area contributed by atoms with E-state index in [-0.39, 0.29) is 36.6 Å². The first-order chi connectivity index (χ1) is 14.0. The van der Waals surface area contributed by atoms with Crippen LogP contribution < -0.4 is 5.32 Å². The Kier molecular flexibility index (Phi) is 5.32. The Hall–Kier alpha value is -2.80. The molecule has 0 radical (unpaired) electrons. The highest BCUT2D eigenvalue weighted by molar-refractivity contribution is 7.08. The van der Waals surface area contributed by atoms with E-state index in [0.29, 0.717) is 12.1 Å². The molecule has 1 aromatic carbocycles. The molecule has 1 N–H and O–H groups in total. The summed E-state index contributed by atoms with van der Waals surface area (Å²) in [5.74, 6) is 0.154. The molecule has 3 unspecified atom stereocenters. The van der Waals surface area contributed by atoms with Crippen LogP contribution in [0.2, 0.25) is 0 Å². The number of thiophene rings is 1. The summed E-state index contributed by atoms with van der Waals surface area (Å²) in [6.45, 7) is 4.43. The summed E-state index contributed by atoms with van der Waals surface area (Å²) >= 11 is 1.67. The van der Waals surface area contributed by atoms with E-state index in [1.54, 1.807) is 41.3 Å². The molecule has 152 valence electrons. The van der Waals surface area contributed by atoms with Crippen molar-refractivity contribution in [3.63, 3.8) is 0 Å². The van der Waals surface area contributed by atoms with Crippen molar-refractivity contribution in [3.05, 3.63) is 64.4 Å². The third kappa shape index (κ3) is 3.51. The zero-order chi connectivity index (χ0) is 20.5. The number of amides is 2. The number of rotatable bonds is 4. The molecular weight excluding hydrogens is 386 g/mol. The van der Waals surface area contributed by atoms with E-state index in [2.05, 4.69) is 28.7 Å². The second-order valence-electron chi connectivity index (χ2n) is 7.64. The second-order valence-corrected chi connectivity index (χ2v) is 8.42. The second kappa shape index (κ2) is 7.91. The molecule has 2 aliphatic rings. The Balaban J connectivity index is 1.76. The van der Waals surface area contributed by atoms with Crippen LogP contribution in [0.1, 0.15) is 40.0 Å². The molecule has 1 fully saturated rings. The first-order valence-electron chi connectivity index (χ1n) is 9.69. The van der Waals surface area contributed by atoms with Crippen LogP contribution in [-0.2, 0) is 4.74 Å². The summed E-state index contributed by atoms with van der Waals surface area (Å²) in [5.41, 5.74) is 3.78. The van der Waals surface area contributed by atoms with Gasteiger partial charge in [0, 0.05) is 37.8 Å². The molecule has 1 aromatic heterocycles. The Morgan fingerprint density at radius 2 is 2.21 bits per heavy atom. The smallest absolute Gasteiger partial charge is 0.410 e. The van der Waals surface area contributed by atoms with Gasteiger partial charge in [-0.1, -0.05) is 12.7 Å². The molecule has 0 aliphatic carbocycles. The number of likely N-dealkylation sites (tertiary alicyclic amines) is 1. The van der Waals surface area contributed by atoms with Crippen LogP contribution in [0.15, 0.2) is 47.7 Å². The Morgan fingerprint density at radius 1 is 1.38 bits per heavy atom. The Labute approximate surface area is 174 Å². The zero-order valence-electron chi connectivity index (χ0n) is 16.6. The maximum Gasteiger partial charge on any atom is 0.410 e. The quantitative estimate of drug-likeness (QED) is 0.762. The number of carbonyl (C=O) groups is 2. The highest BCUT2D eigenvalue weighted by Gasteiger charge is 2.47. The van der Waals surface area contributed by atoms with Gasteiger partial charge in [-0.25, -0.2) is 4.79 Å². The minimum Gasteiger partial charge on any atom is -0.445 e. The predicted octanol–water partition coefficient (Wildman–Crippen LogP) is 4.30. The minimum absolute atomic E-state index is 0.0527. The molecule has 2 aromatic rings. The number of benzene rings is 1. The maximum atomic E-state index is 12.8. The van der Waals surface area contributed by atoms with Gasteiger partial charge in [-0.3, -0.25) is 4.79 Å². The lowest BCUT2D eigenvalue weighted by atomic mass is 9.80. The number of carbonyl (C=O) groups excluding carboxylic acids is 2. The fraction of sp³-hybridized carbons (Fsp3) is 0.364. The van der Waals surface area contributed by atoms with Gasteiger partial charge in [-0.05, 0) is 52.6 Å². The van der Waals surface area contributed by atoms with E-state index < -0.39 is 0 Å². The summed E-state index contributed by atoms with van der Waals surface area (Å²) in [7, 11) is 3.48. The Bertz CT molecular complexity index is 925. The van der Waals surface area contributed by atoms with Gasteiger partial charge in [0.15, 0.2) is 0 Å². The average molecular weight is 412 g/mol. The number of anilines is 1. The van der Waals surface area contributed by atoms with Crippen molar-refractivity contribution in [2.45, 2.75) is 18.5 Å². The molecule has 3 atom stereocenters. The fourth-order valence-corrected chi connectivity index (χ4v) is 5.07. The minimum atomic E-state index is -0.335. The van der Waals surface area contributed by atoms with Crippen LogP contribution >= 0.6 is 11.3 Å². The standard InChI is InChI=1S/C22H25N3O3S/c1-4-10-28-22(27)25-9-7-16-19(15-8-11-29-13-15)23-18-6-5-14(21(26)24(2)3)12-17(18)20(16)25/h4-6,8,11-13,16,19-20,23H,1,7,9-10H2,2-3H3. The zero-order valence-corrected chi connectivity index (χ0v) is 17.4. The molecule has 2 aliphatic heterocycles. The fourth-order valence-electron chi connectivity index (χ4n) is 4.37. The van der Waals surface area contributed by atoms with Crippen molar-refractivity contribution in [2.24, 2.45) is 5.92 Å². The van der Waals surface area contributed by atoms with Gasteiger partial charge >= 0.3 is 6.09 Å². The van der Waals surface area contributed by atoms with E-state index in [1.165, 1.54) is 5.56 Å². The summed E-state index contributed by atoms with van der Waals surface area (Å²) in [4.78, 5) is 28.6. The van der Waals surface area contributed by atoms with Crippen molar-refractivity contribution < 1.29 is 14.3 Å². The van der Waals surface area contributed by atoms with Crippen LogP contribution in [0, 0.1) is 5.92 Å². The molecule has 7 heteroatoms. The monoisotopic (exact) mass is 411 g/mol. The lowest BCUT2D eigenvalue weighted by molar-refractivity contribution is 0.0827. The van der Waals surface area contributed by atoms with Crippen molar-refractivity contribution in [2.75, 3.05) is 32.6 Å². The number of fused-ring (bicyclic) bond motifs is 3. The van der Waals surface area contributed by atoms with E-state index in [4.69, 9.17) is 4.74 Å². The first kappa shape index (κ1) is 19.5. The van der Waals surface area contributed by atoms with Gasteiger partial charge in [0.2, 0.25) is 0 Å². The molecule has 3 heterocycles. The van der Waals surface area contributed by atoms with E-state index >= 15 is 0 Å². The lowest BCUT2D eigenvalue weighted by Gasteiger charge is -2.39. The number of nitrogens with one attached hydrogen (secondary N) is 1. The highest BCUT2D eigenvalue weighted by Crippen LogP contribution is 2.51. The van der Waals surface area contributed by atoms with Gasteiger partial charge in [0.05, 0.1) is 12.1 Å². The van der Waals surface area contributed by atoms with Crippen LogP contribution in [0.25, 0.3) is 0 Å². The van der Waals surface area contributed by atoms with Crippen molar-refractivity contribution in [1.29, 1.82) is 0 Å². The summed E-state index contributed by atoms with van der Waals surface area (Å²) in [6.07, 6.45) is 2.11. The molecule has 2 amide bonds. The lowest BCUT2D eigenvalue weighted by Crippen LogP contribution is -2.38. The normalized spacial score (nSPS) is 22.3. The maximum absolute atomic E-state index is 12.8. The summed E-state index contributed by atoms with van der Waals surface area (Å²) in [6, 6.07) is 7.83. The molecule has 4 rings (SSSR count). The molecule has 0 saturated carbocycles. The average Bonchev–Trinajstić information content (AvgIpc) is 3.40.